The van der Waals surface area contributed by atoms with Crippen molar-refractivity contribution in [2.24, 2.45) is 11.8 Å². The quantitative estimate of drug-likeness (QED) is 0.231. The zero-order valence-corrected chi connectivity index (χ0v) is 18.7. The molecule has 2 amide bonds. The van der Waals surface area contributed by atoms with E-state index in [1.165, 1.54) is 11.8 Å². The molecule has 7 rings (SSSR count). The molecule has 6 heteroatoms. The third-order valence-corrected chi connectivity index (χ3v) is 8.20. The predicted molar refractivity (Wildman–Crippen MR) is 122 cm³/mol. The molecule has 0 saturated carbocycles. The zero-order valence-electron chi connectivity index (χ0n) is 17.1. The fraction of sp³-hybridized carbons (Fsp3) is 0.192. The van der Waals surface area contributed by atoms with Crippen LogP contribution in [0, 0.1) is 11.8 Å². The lowest BCUT2D eigenvalue weighted by atomic mass is 9.55. The molecular formula is C26H18BrNO4. The topological polar surface area (TPSA) is 63.7 Å². The highest BCUT2D eigenvalue weighted by Gasteiger charge is 2.67. The SMILES string of the molecule is CC(=O)Oc1cccc(N2C(=O)[C@@H]3C4c5ccccc5C(Br)(c5ccccc54)[C@@H]3C2=O)c1. The summed E-state index contributed by atoms with van der Waals surface area (Å²) < 4.78 is 4.40. The minimum atomic E-state index is -0.783. The average molecular weight is 488 g/mol. The number of hydrogen-bond acceptors (Lipinski definition) is 4. The van der Waals surface area contributed by atoms with Gasteiger partial charge in [0.25, 0.3) is 0 Å². The number of halogens is 1. The van der Waals surface area contributed by atoms with Crippen LogP contribution in [-0.4, -0.2) is 17.8 Å². The van der Waals surface area contributed by atoms with E-state index in [0.717, 1.165) is 22.3 Å². The molecule has 0 N–H and O–H groups in total. The normalized spacial score (nSPS) is 27.1. The summed E-state index contributed by atoms with van der Waals surface area (Å²) >= 11 is 3.98. The van der Waals surface area contributed by atoms with Crippen molar-refractivity contribution in [1.29, 1.82) is 0 Å². The average Bonchev–Trinajstić information content (AvgIpc) is 3.05. The molecular weight excluding hydrogens is 470 g/mol. The van der Waals surface area contributed by atoms with Crippen LogP contribution in [0.25, 0.3) is 0 Å². The number of anilines is 1. The molecule has 2 atom stereocenters. The van der Waals surface area contributed by atoms with Gasteiger partial charge in [0.2, 0.25) is 11.8 Å². The fourth-order valence-corrected chi connectivity index (χ4v) is 6.99. The fourth-order valence-electron chi connectivity index (χ4n) is 5.79. The molecule has 3 aliphatic carbocycles. The van der Waals surface area contributed by atoms with Gasteiger partial charge in [0, 0.05) is 18.9 Å². The van der Waals surface area contributed by atoms with Crippen LogP contribution in [-0.2, 0) is 18.7 Å². The van der Waals surface area contributed by atoms with Gasteiger partial charge in [0.15, 0.2) is 0 Å². The predicted octanol–water partition coefficient (Wildman–Crippen LogP) is 4.52. The molecule has 3 aromatic carbocycles. The lowest BCUT2D eigenvalue weighted by molar-refractivity contribution is -0.132. The highest BCUT2D eigenvalue weighted by molar-refractivity contribution is 9.09. The highest BCUT2D eigenvalue weighted by atomic mass is 79.9. The maximum Gasteiger partial charge on any atom is 0.308 e. The van der Waals surface area contributed by atoms with Gasteiger partial charge in [0.1, 0.15) is 5.75 Å². The summed E-state index contributed by atoms with van der Waals surface area (Å²) in [6.07, 6.45) is 0. The summed E-state index contributed by atoms with van der Waals surface area (Å²) in [6, 6.07) is 22.7. The number of esters is 1. The van der Waals surface area contributed by atoms with Crippen LogP contribution >= 0.6 is 15.9 Å². The minimum Gasteiger partial charge on any atom is -0.427 e. The maximum atomic E-state index is 13.9. The number of benzene rings is 3. The molecule has 1 saturated heterocycles. The van der Waals surface area contributed by atoms with Crippen molar-refractivity contribution >= 4 is 39.4 Å². The highest BCUT2D eigenvalue weighted by Crippen LogP contribution is 2.66. The van der Waals surface area contributed by atoms with E-state index >= 15 is 0 Å². The van der Waals surface area contributed by atoms with Crippen LogP contribution in [0.2, 0.25) is 0 Å². The van der Waals surface area contributed by atoms with E-state index in [2.05, 4.69) is 28.1 Å². The van der Waals surface area contributed by atoms with Crippen LogP contribution in [0.1, 0.15) is 35.1 Å². The summed E-state index contributed by atoms with van der Waals surface area (Å²) in [5, 5.41) is 0. The van der Waals surface area contributed by atoms with E-state index in [-0.39, 0.29) is 17.7 Å². The Bertz CT molecular complexity index is 1290. The molecule has 1 fully saturated rings. The van der Waals surface area contributed by atoms with Crippen molar-refractivity contribution in [2.75, 3.05) is 4.90 Å². The van der Waals surface area contributed by atoms with Crippen LogP contribution in [0.5, 0.6) is 5.75 Å². The largest absolute Gasteiger partial charge is 0.427 e. The Kier molecular flexibility index (Phi) is 4.02. The first-order valence-corrected chi connectivity index (χ1v) is 11.3. The summed E-state index contributed by atoms with van der Waals surface area (Å²) in [5.74, 6) is -1.90. The number of imide groups is 1. The van der Waals surface area contributed by atoms with Crippen molar-refractivity contribution in [1.82, 2.24) is 0 Å². The molecule has 3 aromatic rings. The Morgan fingerprint density at radius 2 is 1.53 bits per heavy atom. The van der Waals surface area contributed by atoms with E-state index in [1.54, 1.807) is 24.3 Å². The zero-order chi connectivity index (χ0) is 22.2. The van der Waals surface area contributed by atoms with Gasteiger partial charge in [-0.2, -0.15) is 0 Å². The van der Waals surface area contributed by atoms with E-state index in [0.29, 0.717) is 11.4 Å². The van der Waals surface area contributed by atoms with Crippen molar-refractivity contribution in [2.45, 2.75) is 17.2 Å². The smallest absolute Gasteiger partial charge is 0.308 e. The number of ether oxygens (including phenoxy) is 1. The molecule has 0 unspecified atom stereocenters. The Morgan fingerprint density at radius 1 is 0.906 bits per heavy atom. The maximum absolute atomic E-state index is 13.9. The Labute approximate surface area is 193 Å². The first-order valence-electron chi connectivity index (χ1n) is 10.5. The molecule has 2 bridgehead atoms. The molecule has 32 heavy (non-hydrogen) atoms. The van der Waals surface area contributed by atoms with Gasteiger partial charge in [-0.05, 0) is 34.4 Å². The van der Waals surface area contributed by atoms with E-state index in [4.69, 9.17) is 4.74 Å². The lowest BCUT2D eigenvalue weighted by Crippen LogP contribution is -2.50. The van der Waals surface area contributed by atoms with Crippen LogP contribution in [0.3, 0.4) is 0 Å². The first kappa shape index (κ1) is 19.4. The molecule has 0 radical (unpaired) electrons. The second-order valence-electron chi connectivity index (χ2n) is 8.47. The van der Waals surface area contributed by atoms with Gasteiger partial charge in [-0.1, -0.05) is 70.5 Å². The molecule has 1 heterocycles. The number of hydrogen-bond donors (Lipinski definition) is 0. The van der Waals surface area contributed by atoms with Crippen molar-refractivity contribution in [3.8, 4) is 5.75 Å². The van der Waals surface area contributed by atoms with Gasteiger partial charge >= 0.3 is 5.97 Å². The first-order chi connectivity index (χ1) is 15.4. The summed E-state index contributed by atoms with van der Waals surface area (Å²) in [4.78, 5) is 40.3. The number of nitrogens with zero attached hydrogens (tertiary/aromatic N) is 1. The van der Waals surface area contributed by atoms with Gasteiger partial charge < -0.3 is 4.74 Å². The number of amides is 2. The molecule has 5 nitrogen and oxygen atoms in total. The standard InChI is InChI=1S/C26H18BrNO4/c1-14(29)32-16-8-6-7-15(13-16)28-24(30)22-21-17-9-2-4-11-19(17)26(27,23(22)25(28)31)20-12-5-3-10-18(20)21/h2-13,21-23H,1H3/t21?,22-,23+,26?/m1/s1. The van der Waals surface area contributed by atoms with Crippen LogP contribution < -0.4 is 9.64 Å². The summed E-state index contributed by atoms with van der Waals surface area (Å²) in [5.41, 5.74) is 4.67. The monoisotopic (exact) mass is 487 g/mol. The number of carbonyl (C=O) groups excluding carboxylic acids is 3. The molecule has 158 valence electrons. The third-order valence-electron chi connectivity index (χ3n) is 6.85. The second-order valence-corrected chi connectivity index (χ2v) is 9.72. The number of alkyl halides is 1. The minimum absolute atomic E-state index is 0.190. The third kappa shape index (κ3) is 2.36. The summed E-state index contributed by atoms with van der Waals surface area (Å²) in [6.45, 7) is 1.31. The van der Waals surface area contributed by atoms with E-state index < -0.39 is 22.1 Å². The van der Waals surface area contributed by atoms with Crippen LogP contribution in [0.4, 0.5) is 5.69 Å². The molecule has 1 aliphatic heterocycles. The second kappa shape index (κ2) is 6.62. The lowest BCUT2D eigenvalue weighted by Gasteiger charge is -2.51. The van der Waals surface area contributed by atoms with Crippen molar-refractivity contribution in [3.05, 3.63) is 95.1 Å². The van der Waals surface area contributed by atoms with E-state index in [1.807, 2.05) is 36.4 Å². The van der Waals surface area contributed by atoms with Gasteiger partial charge in [-0.15, -0.1) is 0 Å². The van der Waals surface area contributed by atoms with Gasteiger partial charge in [-0.3, -0.25) is 14.4 Å². The van der Waals surface area contributed by atoms with Crippen molar-refractivity contribution < 1.29 is 19.1 Å². The van der Waals surface area contributed by atoms with E-state index in [9.17, 15) is 14.4 Å². The molecule has 0 spiro atoms. The van der Waals surface area contributed by atoms with Gasteiger partial charge in [-0.25, -0.2) is 4.90 Å². The summed E-state index contributed by atoms with van der Waals surface area (Å²) in [7, 11) is 0. The Balaban J connectivity index is 1.54. The number of carbonyl (C=O) groups is 3. The molecule has 0 aromatic heterocycles. The molecule has 4 aliphatic rings. The van der Waals surface area contributed by atoms with Gasteiger partial charge in [0.05, 0.1) is 21.8 Å². The Hall–Kier alpha value is -3.25. The van der Waals surface area contributed by atoms with Crippen LogP contribution in [0.15, 0.2) is 72.8 Å². The Morgan fingerprint density at radius 3 is 2.16 bits per heavy atom. The number of rotatable bonds is 2. The van der Waals surface area contributed by atoms with Crippen molar-refractivity contribution in [3.63, 3.8) is 0 Å².